The molecular formula is C7H14N2O. The molecule has 0 aliphatic carbocycles. The normalized spacial score (nSPS) is 20.6. The van der Waals surface area contributed by atoms with Crippen LogP contribution in [-0.4, -0.2) is 36.9 Å². The Hall–Kier alpha value is -0.410. The zero-order valence-electron chi connectivity index (χ0n) is 6.34. The van der Waals surface area contributed by atoms with Crippen LogP contribution in [0, 0.1) is 5.92 Å². The largest absolute Gasteiger partial charge is 0.330 e. The van der Waals surface area contributed by atoms with Gasteiger partial charge in [-0.15, -0.1) is 0 Å². The van der Waals surface area contributed by atoms with Crippen LogP contribution in [0.25, 0.3) is 0 Å². The highest BCUT2D eigenvalue weighted by Crippen LogP contribution is 2.12. The fourth-order valence-corrected chi connectivity index (χ4v) is 1.27. The molecule has 0 atom stereocenters. The van der Waals surface area contributed by atoms with E-state index in [1.807, 2.05) is 0 Å². The smallest absolute Gasteiger partial charge is 0.143 e. The Bertz CT molecular complexity index is 130. The van der Waals surface area contributed by atoms with E-state index in [1.165, 1.54) is 0 Å². The van der Waals surface area contributed by atoms with Gasteiger partial charge in [-0.2, -0.15) is 0 Å². The SMILES string of the molecule is CC(=O)CN1CC(CN)C1. The number of ketones is 1. The Balaban J connectivity index is 2.08. The Labute approximate surface area is 61.2 Å². The van der Waals surface area contributed by atoms with Crippen LogP contribution >= 0.6 is 0 Å². The minimum atomic E-state index is 0.246. The van der Waals surface area contributed by atoms with Crippen LogP contribution in [0.15, 0.2) is 0 Å². The second-order valence-corrected chi connectivity index (χ2v) is 3.00. The van der Waals surface area contributed by atoms with E-state index in [2.05, 4.69) is 4.90 Å². The summed E-state index contributed by atoms with van der Waals surface area (Å²) in [6.07, 6.45) is 0. The maximum atomic E-state index is 10.6. The predicted octanol–water partition coefficient (Wildman–Crippen LogP) is -0.534. The molecule has 0 aromatic carbocycles. The maximum absolute atomic E-state index is 10.6. The van der Waals surface area contributed by atoms with Crippen molar-refractivity contribution in [3.8, 4) is 0 Å². The summed E-state index contributed by atoms with van der Waals surface area (Å²) >= 11 is 0. The third-order valence-electron chi connectivity index (χ3n) is 1.81. The number of likely N-dealkylation sites (tertiary alicyclic amines) is 1. The molecular weight excluding hydrogens is 128 g/mol. The number of carbonyl (C=O) groups is 1. The summed E-state index contributed by atoms with van der Waals surface area (Å²) in [5.41, 5.74) is 5.42. The fraction of sp³-hybridized carbons (Fsp3) is 0.857. The average Bonchev–Trinajstić information content (AvgIpc) is 1.76. The quantitative estimate of drug-likeness (QED) is 0.576. The van der Waals surface area contributed by atoms with Gasteiger partial charge in [0.1, 0.15) is 5.78 Å². The van der Waals surface area contributed by atoms with Gasteiger partial charge in [0.25, 0.3) is 0 Å². The molecule has 2 N–H and O–H groups in total. The van der Waals surface area contributed by atoms with Gasteiger partial charge in [-0.25, -0.2) is 0 Å². The molecule has 3 nitrogen and oxygen atoms in total. The molecule has 10 heavy (non-hydrogen) atoms. The van der Waals surface area contributed by atoms with Gasteiger partial charge < -0.3 is 5.73 Å². The van der Waals surface area contributed by atoms with E-state index in [4.69, 9.17) is 5.73 Å². The molecule has 0 bridgehead atoms. The van der Waals surface area contributed by atoms with E-state index in [-0.39, 0.29) is 5.78 Å². The van der Waals surface area contributed by atoms with Crippen LogP contribution in [-0.2, 0) is 4.79 Å². The zero-order valence-corrected chi connectivity index (χ0v) is 6.34. The molecule has 0 aromatic rings. The van der Waals surface area contributed by atoms with Crippen molar-refractivity contribution in [1.82, 2.24) is 4.90 Å². The van der Waals surface area contributed by atoms with Crippen molar-refractivity contribution >= 4 is 5.78 Å². The number of hydrogen-bond acceptors (Lipinski definition) is 3. The highest BCUT2D eigenvalue weighted by Gasteiger charge is 2.25. The highest BCUT2D eigenvalue weighted by molar-refractivity contribution is 5.77. The summed E-state index contributed by atoms with van der Waals surface area (Å²) in [5.74, 6) is 0.884. The average molecular weight is 142 g/mol. The van der Waals surface area contributed by atoms with Crippen molar-refractivity contribution < 1.29 is 4.79 Å². The molecule has 3 heteroatoms. The van der Waals surface area contributed by atoms with Gasteiger partial charge in [-0.1, -0.05) is 0 Å². The van der Waals surface area contributed by atoms with Crippen LogP contribution in [0.1, 0.15) is 6.92 Å². The first-order valence-corrected chi connectivity index (χ1v) is 3.64. The Morgan fingerprint density at radius 3 is 2.70 bits per heavy atom. The number of hydrogen-bond donors (Lipinski definition) is 1. The van der Waals surface area contributed by atoms with Gasteiger partial charge in [0, 0.05) is 13.1 Å². The summed E-state index contributed by atoms with van der Waals surface area (Å²) in [7, 11) is 0. The summed E-state index contributed by atoms with van der Waals surface area (Å²) in [6.45, 7) is 5.01. The van der Waals surface area contributed by atoms with Crippen LogP contribution in [0.2, 0.25) is 0 Å². The number of nitrogens with zero attached hydrogens (tertiary/aromatic N) is 1. The minimum absolute atomic E-state index is 0.246. The summed E-state index contributed by atoms with van der Waals surface area (Å²) in [4.78, 5) is 12.7. The molecule has 1 aliphatic rings. The van der Waals surface area contributed by atoms with Crippen molar-refractivity contribution in [2.75, 3.05) is 26.2 Å². The molecule has 1 heterocycles. The third kappa shape index (κ3) is 1.78. The van der Waals surface area contributed by atoms with Crippen molar-refractivity contribution in [3.63, 3.8) is 0 Å². The van der Waals surface area contributed by atoms with E-state index in [0.29, 0.717) is 12.5 Å². The molecule has 0 unspecified atom stereocenters. The maximum Gasteiger partial charge on any atom is 0.143 e. The van der Waals surface area contributed by atoms with Gasteiger partial charge in [-0.3, -0.25) is 9.69 Å². The fourth-order valence-electron chi connectivity index (χ4n) is 1.27. The Kier molecular flexibility index (Phi) is 2.40. The lowest BCUT2D eigenvalue weighted by atomic mass is 10.0. The van der Waals surface area contributed by atoms with Gasteiger partial charge in [0.05, 0.1) is 6.54 Å². The molecule has 0 amide bonds. The summed E-state index contributed by atoms with van der Waals surface area (Å²) < 4.78 is 0. The number of rotatable bonds is 3. The lowest BCUT2D eigenvalue weighted by molar-refractivity contribution is -0.119. The molecule has 0 spiro atoms. The van der Waals surface area contributed by atoms with Crippen LogP contribution in [0.3, 0.4) is 0 Å². The molecule has 58 valence electrons. The molecule has 1 rings (SSSR count). The number of nitrogens with two attached hydrogens (primary N) is 1. The van der Waals surface area contributed by atoms with Crippen molar-refractivity contribution in [2.24, 2.45) is 11.7 Å². The van der Waals surface area contributed by atoms with E-state index >= 15 is 0 Å². The first-order chi connectivity index (χ1) is 4.72. The van der Waals surface area contributed by atoms with Crippen LogP contribution in [0.4, 0.5) is 0 Å². The molecule has 0 saturated carbocycles. The Morgan fingerprint density at radius 2 is 2.30 bits per heavy atom. The lowest BCUT2D eigenvalue weighted by Gasteiger charge is -2.37. The monoisotopic (exact) mass is 142 g/mol. The number of carbonyl (C=O) groups excluding carboxylic acids is 1. The van der Waals surface area contributed by atoms with Gasteiger partial charge >= 0.3 is 0 Å². The van der Waals surface area contributed by atoms with E-state index in [0.717, 1.165) is 19.6 Å². The topological polar surface area (TPSA) is 46.3 Å². The van der Waals surface area contributed by atoms with Crippen LogP contribution in [0.5, 0.6) is 0 Å². The lowest BCUT2D eigenvalue weighted by Crippen LogP contribution is -2.51. The molecule has 0 aromatic heterocycles. The molecule has 1 aliphatic heterocycles. The summed E-state index contributed by atoms with van der Waals surface area (Å²) in [5, 5.41) is 0. The first kappa shape index (κ1) is 7.69. The van der Waals surface area contributed by atoms with E-state index < -0.39 is 0 Å². The Morgan fingerprint density at radius 1 is 1.70 bits per heavy atom. The highest BCUT2D eigenvalue weighted by atomic mass is 16.1. The second kappa shape index (κ2) is 3.12. The van der Waals surface area contributed by atoms with Gasteiger partial charge in [0.2, 0.25) is 0 Å². The number of Topliss-reactive ketones (excluding diaryl/α,β-unsaturated/α-hetero) is 1. The van der Waals surface area contributed by atoms with Gasteiger partial charge in [-0.05, 0) is 19.4 Å². The standard InChI is InChI=1S/C7H14N2O/c1-6(10)3-9-4-7(2-8)5-9/h7H,2-5,8H2,1H3. The van der Waals surface area contributed by atoms with E-state index in [1.54, 1.807) is 6.92 Å². The van der Waals surface area contributed by atoms with Crippen molar-refractivity contribution in [3.05, 3.63) is 0 Å². The second-order valence-electron chi connectivity index (χ2n) is 3.00. The van der Waals surface area contributed by atoms with E-state index in [9.17, 15) is 4.79 Å². The van der Waals surface area contributed by atoms with Crippen molar-refractivity contribution in [2.45, 2.75) is 6.92 Å². The zero-order chi connectivity index (χ0) is 7.56. The third-order valence-corrected chi connectivity index (χ3v) is 1.81. The molecule has 0 radical (unpaired) electrons. The van der Waals surface area contributed by atoms with Crippen LogP contribution < -0.4 is 5.73 Å². The van der Waals surface area contributed by atoms with Gasteiger partial charge in [0.15, 0.2) is 0 Å². The molecule has 1 saturated heterocycles. The van der Waals surface area contributed by atoms with Crippen molar-refractivity contribution in [1.29, 1.82) is 0 Å². The minimum Gasteiger partial charge on any atom is -0.330 e. The first-order valence-electron chi connectivity index (χ1n) is 3.64. The molecule has 1 fully saturated rings. The predicted molar refractivity (Wildman–Crippen MR) is 39.7 cm³/mol. The summed E-state index contributed by atoms with van der Waals surface area (Å²) in [6, 6.07) is 0.